The average molecular weight is 458 g/mol. The monoisotopic (exact) mass is 458 g/mol. The number of carbonyl (C=O) groups excluding carboxylic acids is 5. The Morgan fingerprint density at radius 1 is 0.812 bits per heavy atom. The zero-order chi connectivity index (χ0) is 24.4. The molecule has 0 unspecified atom stereocenters. The van der Waals surface area contributed by atoms with Gasteiger partial charge in [-0.15, -0.1) is 0 Å². The average Bonchev–Trinajstić information content (AvgIpc) is 3.20. The SMILES string of the molecule is NC(=O)C[C@H](NC(=O)[C@H](CC(N)=O)NC(=O)[C@@H]1CCCN1)C(=O)N[C@@H](CC(=O)O)C(=O)O. The van der Waals surface area contributed by atoms with Crippen LogP contribution in [0.4, 0.5) is 0 Å². The molecule has 1 aliphatic rings. The molecule has 0 spiro atoms. The van der Waals surface area contributed by atoms with Gasteiger partial charge in [0.1, 0.15) is 18.1 Å². The third kappa shape index (κ3) is 8.95. The first-order chi connectivity index (χ1) is 14.9. The molecule has 4 atom stereocenters. The first kappa shape index (κ1) is 26.3. The number of hydrogen-bond acceptors (Lipinski definition) is 8. The van der Waals surface area contributed by atoms with E-state index in [-0.39, 0.29) is 0 Å². The summed E-state index contributed by atoms with van der Waals surface area (Å²) in [6.07, 6.45) is -1.12. The molecular formula is C17H26N6O9. The Labute approximate surface area is 181 Å². The molecule has 32 heavy (non-hydrogen) atoms. The van der Waals surface area contributed by atoms with Gasteiger partial charge in [0.25, 0.3) is 0 Å². The molecule has 1 heterocycles. The summed E-state index contributed by atoms with van der Waals surface area (Å²) in [5.41, 5.74) is 10.2. The van der Waals surface area contributed by atoms with Crippen LogP contribution in [0.1, 0.15) is 32.1 Å². The van der Waals surface area contributed by atoms with Gasteiger partial charge >= 0.3 is 11.9 Å². The van der Waals surface area contributed by atoms with Crippen LogP contribution in [0.25, 0.3) is 0 Å². The van der Waals surface area contributed by atoms with Crippen molar-refractivity contribution in [3.05, 3.63) is 0 Å². The Hall–Kier alpha value is -3.75. The van der Waals surface area contributed by atoms with E-state index in [4.69, 9.17) is 21.7 Å². The Bertz CT molecular complexity index is 780. The van der Waals surface area contributed by atoms with Crippen molar-refractivity contribution in [2.45, 2.75) is 56.3 Å². The van der Waals surface area contributed by atoms with Crippen molar-refractivity contribution in [2.75, 3.05) is 6.54 Å². The lowest BCUT2D eigenvalue weighted by Gasteiger charge is -2.24. The van der Waals surface area contributed by atoms with E-state index in [9.17, 15) is 33.6 Å². The van der Waals surface area contributed by atoms with Gasteiger partial charge in [0.15, 0.2) is 0 Å². The van der Waals surface area contributed by atoms with Crippen molar-refractivity contribution < 1.29 is 43.8 Å². The number of carboxylic acids is 2. The number of nitrogens with two attached hydrogens (primary N) is 2. The highest BCUT2D eigenvalue weighted by atomic mass is 16.4. The predicted octanol–water partition coefficient (Wildman–Crippen LogP) is -4.50. The van der Waals surface area contributed by atoms with Gasteiger partial charge in [-0.2, -0.15) is 0 Å². The van der Waals surface area contributed by atoms with Crippen LogP contribution in [0.15, 0.2) is 0 Å². The van der Waals surface area contributed by atoms with Gasteiger partial charge in [0, 0.05) is 0 Å². The summed E-state index contributed by atoms with van der Waals surface area (Å²) in [4.78, 5) is 81.9. The van der Waals surface area contributed by atoms with E-state index in [2.05, 4.69) is 16.0 Å². The van der Waals surface area contributed by atoms with Gasteiger partial charge in [-0.25, -0.2) is 4.79 Å². The minimum atomic E-state index is -1.85. The number of aliphatic carboxylic acids is 2. The van der Waals surface area contributed by atoms with Crippen LogP contribution in [0.3, 0.4) is 0 Å². The van der Waals surface area contributed by atoms with Gasteiger partial charge in [-0.1, -0.05) is 0 Å². The summed E-state index contributed by atoms with van der Waals surface area (Å²) in [5, 5.41) is 27.0. The van der Waals surface area contributed by atoms with Crippen molar-refractivity contribution in [1.29, 1.82) is 0 Å². The molecule has 0 aromatic heterocycles. The predicted molar refractivity (Wildman–Crippen MR) is 104 cm³/mol. The smallest absolute Gasteiger partial charge is 0.326 e. The van der Waals surface area contributed by atoms with Crippen LogP contribution >= 0.6 is 0 Å². The molecule has 1 rings (SSSR count). The Morgan fingerprint density at radius 3 is 1.72 bits per heavy atom. The van der Waals surface area contributed by atoms with Crippen LogP contribution < -0.4 is 32.7 Å². The van der Waals surface area contributed by atoms with Crippen LogP contribution in [-0.4, -0.2) is 82.4 Å². The molecule has 0 aromatic carbocycles. The molecular weight excluding hydrogens is 432 g/mol. The maximum absolute atomic E-state index is 12.6. The maximum Gasteiger partial charge on any atom is 0.326 e. The molecule has 0 bridgehead atoms. The van der Waals surface area contributed by atoms with Gasteiger partial charge in [0.05, 0.1) is 25.3 Å². The number of nitrogens with one attached hydrogen (secondary N) is 4. The third-order valence-electron chi connectivity index (χ3n) is 4.45. The highest BCUT2D eigenvalue weighted by Gasteiger charge is 2.33. The summed E-state index contributed by atoms with van der Waals surface area (Å²) in [6.45, 7) is 0.590. The second kappa shape index (κ2) is 12.2. The molecule has 0 radical (unpaired) electrons. The van der Waals surface area contributed by atoms with E-state index in [0.717, 1.165) is 6.42 Å². The van der Waals surface area contributed by atoms with E-state index in [1.165, 1.54) is 0 Å². The zero-order valence-corrected chi connectivity index (χ0v) is 17.0. The number of carboxylic acid groups (broad SMARTS) is 2. The molecule has 15 nitrogen and oxygen atoms in total. The number of primary amides is 2. The van der Waals surface area contributed by atoms with Crippen molar-refractivity contribution in [2.24, 2.45) is 11.5 Å². The fraction of sp³-hybridized carbons (Fsp3) is 0.588. The molecule has 5 amide bonds. The van der Waals surface area contributed by atoms with E-state index in [1.54, 1.807) is 0 Å². The zero-order valence-electron chi connectivity index (χ0n) is 17.0. The van der Waals surface area contributed by atoms with Crippen molar-refractivity contribution >= 4 is 41.5 Å². The maximum atomic E-state index is 12.6. The molecule has 1 fully saturated rings. The summed E-state index contributed by atoms with van der Waals surface area (Å²) in [7, 11) is 0. The summed E-state index contributed by atoms with van der Waals surface area (Å²) >= 11 is 0. The van der Waals surface area contributed by atoms with Crippen LogP contribution in [0.5, 0.6) is 0 Å². The summed E-state index contributed by atoms with van der Waals surface area (Å²) in [5.74, 6) is -7.98. The lowest BCUT2D eigenvalue weighted by molar-refractivity contribution is -0.147. The second-order valence-electron chi connectivity index (χ2n) is 7.11. The highest BCUT2D eigenvalue weighted by molar-refractivity contribution is 5.98. The molecule has 0 aliphatic carbocycles. The van der Waals surface area contributed by atoms with Crippen LogP contribution in [0, 0.1) is 0 Å². The molecule has 0 saturated carbocycles. The van der Waals surface area contributed by atoms with Gasteiger partial charge in [0.2, 0.25) is 29.5 Å². The highest BCUT2D eigenvalue weighted by Crippen LogP contribution is 2.06. The Balaban J connectivity index is 2.95. The Morgan fingerprint density at radius 2 is 1.31 bits per heavy atom. The van der Waals surface area contributed by atoms with E-state index >= 15 is 0 Å². The summed E-state index contributed by atoms with van der Waals surface area (Å²) < 4.78 is 0. The molecule has 178 valence electrons. The first-order valence-electron chi connectivity index (χ1n) is 9.56. The van der Waals surface area contributed by atoms with E-state index < -0.39 is 84.9 Å². The fourth-order valence-electron chi connectivity index (χ4n) is 2.92. The molecule has 15 heteroatoms. The fourth-order valence-corrected chi connectivity index (χ4v) is 2.92. The van der Waals surface area contributed by atoms with Crippen LogP contribution in [0.2, 0.25) is 0 Å². The lowest BCUT2D eigenvalue weighted by atomic mass is 10.1. The normalized spacial score (nSPS) is 17.9. The molecule has 10 N–H and O–H groups in total. The number of hydrogen-bond donors (Lipinski definition) is 8. The quantitative estimate of drug-likeness (QED) is 0.131. The van der Waals surface area contributed by atoms with Gasteiger partial charge < -0.3 is 42.9 Å². The van der Waals surface area contributed by atoms with Gasteiger partial charge in [-0.3, -0.25) is 28.8 Å². The molecule has 1 aliphatic heterocycles. The van der Waals surface area contributed by atoms with Gasteiger partial charge in [-0.05, 0) is 19.4 Å². The molecule has 1 saturated heterocycles. The van der Waals surface area contributed by atoms with E-state index in [1.807, 2.05) is 5.32 Å². The van der Waals surface area contributed by atoms with Crippen molar-refractivity contribution in [3.8, 4) is 0 Å². The largest absolute Gasteiger partial charge is 0.481 e. The minimum Gasteiger partial charge on any atom is -0.481 e. The molecule has 0 aromatic rings. The minimum absolute atomic E-state index is 0.504. The Kier molecular flexibility index (Phi) is 10.0. The first-order valence-corrected chi connectivity index (χ1v) is 9.56. The van der Waals surface area contributed by atoms with E-state index in [0.29, 0.717) is 13.0 Å². The van der Waals surface area contributed by atoms with Crippen LogP contribution in [-0.2, 0) is 33.6 Å². The number of amides is 5. The summed E-state index contributed by atoms with van der Waals surface area (Å²) in [6, 6.07) is -5.62. The number of rotatable bonds is 13. The lowest BCUT2D eigenvalue weighted by Crippen LogP contribution is -2.58. The third-order valence-corrected chi connectivity index (χ3v) is 4.45. The topological polar surface area (TPSA) is 260 Å². The number of carbonyl (C=O) groups is 7. The van der Waals surface area contributed by atoms with Crippen molar-refractivity contribution in [1.82, 2.24) is 21.3 Å². The second-order valence-corrected chi connectivity index (χ2v) is 7.11. The standard InChI is InChI=1S/C17H26N6O9/c18-11(24)4-8(21-14(28)7-2-1-3-20-7)15(29)22-9(5-12(19)25)16(30)23-10(17(31)32)6-13(26)27/h7-10,20H,1-6H2,(H2,18,24)(H2,19,25)(H,21,28)(H,22,29)(H,23,30)(H,26,27)(H,31,32)/t7-,8-,9-,10-/m0/s1. The van der Waals surface area contributed by atoms with Crippen molar-refractivity contribution in [3.63, 3.8) is 0 Å².